The molecule has 0 bridgehead atoms. The topological polar surface area (TPSA) is 50.7 Å². The van der Waals surface area contributed by atoms with Crippen LogP contribution in [0, 0.1) is 12.3 Å². The van der Waals surface area contributed by atoms with Crippen molar-refractivity contribution in [1.82, 2.24) is 5.32 Å². The number of hydrogen-bond acceptors (Lipinski definition) is 4. The van der Waals surface area contributed by atoms with Crippen molar-refractivity contribution in [3.05, 3.63) is 0 Å². The van der Waals surface area contributed by atoms with Crippen LogP contribution >= 0.6 is 0 Å². The van der Waals surface area contributed by atoms with E-state index in [9.17, 15) is 5.11 Å². The second-order valence-corrected chi connectivity index (χ2v) is 4.17. The maximum Gasteiger partial charge on any atom is 0.0897 e. The van der Waals surface area contributed by atoms with Gasteiger partial charge in [0.05, 0.1) is 25.4 Å². The first-order chi connectivity index (χ1) is 8.13. The fraction of sp³-hybridized carbons (Fsp3) is 0.846. The van der Waals surface area contributed by atoms with Crippen molar-refractivity contribution in [3.8, 4) is 12.3 Å². The summed E-state index contributed by atoms with van der Waals surface area (Å²) < 4.78 is 10.4. The summed E-state index contributed by atoms with van der Waals surface area (Å²) in [5.74, 6) is 2.62. The molecule has 4 heteroatoms. The lowest BCUT2D eigenvalue weighted by Crippen LogP contribution is -2.37. The molecule has 0 spiro atoms. The Morgan fingerprint density at radius 2 is 2.12 bits per heavy atom. The first-order valence-corrected chi connectivity index (χ1v) is 6.09. The second-order valence-electron chi connectivity index (χ2n) is 4.17. The molecule has 0 aliphatic heterocycles. The first-order valence-electron chi connectivity index (χ1n) is 6.09. The third kappa shape index (κ3) is 9.13. The molecule has 0 amide bonds. The van der Waals surface area contributed by atoms with Gasteiger partial charge in [-0.15, -0.1) is 12.3 Å². The van der Waals surface area contributed by atoms with Gasteiger partial charge in [0.2, 0.25) is 0 Å². The molecule has 0 radical (unpaired) electrons. The average Bonchev–Trinajstić information content (AvgIpc) is 2.32. The zero-order chi connectivity index (χ0) is 13.1. The van der Waals surface area contributed by atoms with Crippen LogP contribution in [0.15, 0.2) is 0 Å². The third-order valence-corrected chi connectivity index (χ3v) is 2.47. The predicted molar refractivity (Wildman–Crippen MR) is 68.8 cm³/mol. The summed E-state index contributed by atoms with van der Waals surface area (Å²) in [5.41, 5.74) is 0. The van der Waals surface area contributed by atoms with Crippen LogP contribution in [0.5, 0.6) is 0 Å². The summed E-state index contributed by atoms with van der Waals surface area (Å²) in [7, 11) is 1.63. The van der Waals surface area contributed by atoms with Crippen LogP contribution in [-0.4, -0.2) is 50.2 Å². The Hall–Kier alpha value is -0.600. The SMILES string of the molecule is C#CCC(CC)NCC(O)COC(C)COC. The summed E-state index contributed by atoms with van der Waals surface area (Å²) in [6.07, 6.45) is 6.38. The number of aliphatic hydroxyl groups excluding tert-OH is 1. The number of terminal acetylenes is 1. The molecule has 0 heterocycles. The monoisotopic (exact) mass is 243 g/mol. The molecule has 2 N–H and O–H groups in total. The molecule has 0 aromatic carbocycles. The van der Waals surface area contributed by atoms with Crippen molar-refractivity contribution in [3.63, 3.8) is 0 Å². The van der Waals surface area contributed by atoms with Gasteiger partial charge in [0.25, 0.3) is 0 Å². The molecule has 3 unspecified atom stereocenters. The van der Waals surface area contributed by atoms with Crippen LogP contribution in [0.25, 0.3) is 0 Å². The Labute approximate surface area is 105 Å². The van der Waals surface area contributed by atoms with Gasteiger partial charge in [-0.2, -0.15) is 0 Å². The Morgan fingerprint density at radius 1 is 1.41 bits per heavy atom. The summed E-state index contributed by atoms with van der Waals surface area (Å²) in [6.45, 7) is 5.33. The summed E-state index contributed by atoms with van der Waals surface area (Å²) >= 11 is 0. The molecule has 0 aliphatic rings. The summed E-state index contributed by atoms with van der Waals surface area (Å²) in [5, 5.41) is 12.9. The quantitative estimate of drug-likeness (QED) is 0.557. The molecule has 17 heavy (non-hydrogen) atoms. The van der Waals surface area contributed by atoms with Gasteiger partial charge in [0.15, 0.2) is 0 Å². The van der Waals surface area contributed by atoms with E-state index in [0.717, 1.165) is 6.42 Å². The fourth-order valence-electron chi connectivity index (χ4n) is 1.42. The van der Waals surface area contributed by atoms with Crippen molar-refractivity contribution in [2.75, 3.05) is 26.9 Å². The molecule has 0 rings (SSSR count). The molecule has 0 saturated carbocycles. The summed E-state index contributed by atoms with van der Waals surface area (Å²) in [4.78, 5) is 0. The highest BCUT2D eigenvalue weighted by molar-refractivity contribution is 4.89. The van der Waals surface area contributed by atoms with Gasteiger partial charge in [0.1, 0.15) is 0 Å². The van der Waals surface area contributed by atoms with E-state index >= 15 is 0 Å². The van der Waals surface area contributed by atoms with E-state index in [4.69, 9.17) is 15.9 Å². The van der Waals surface area contributed by atoms with Gasteiger partial charge in [-0.05, 0) is 13.3 Å². The molecule has 0 fully saturated rings. The highest BCUT2D eigenvalue weighted by Gasteiger charge is 2.10. The van der Waals surface area contributed by atoms with E-state index < -0.39 is 6.10 Å². The Kier molecular flexibility index (Phi) is 10.2. The van der Waals surface area contributed by atoms with Crippen LogP contribution in [0.1, 0.15) is 26.7 Å². The zero-order valence-corrected chi connectivity index (χ0v) is 11.1. The number of nitrogens with one attached hydrogen (secondary N) is 1. The standard InChI is InChI=1S/C13H25NO3/c1-5-7-12(6-2)14-8-13(15)10-17-11(3)9-16-4/h1,11-15H,6-10H2,2-4H3. The van der Waals surface area contributed by atoms with Crippen molar-refractivity contribution >= 4 is 0 Å². The molecule has 100 valence electrons. The van der Waals surface area contributed by atoms with Gasteiger partial charge < -0.3 is 19.9 Å². The van der Waals surface area contributed by atoms with Gasteiger partial charge in [-0.3, -0.25) is 0 Å². The normalized spacial score (nSPS) is 16.2. The minimum Gasteiger partial charge on any atom is -0.389 e. The molecular weight excluding hydrogens is 218 g/mol. The number of hydrogen-bond donors (Lipinski definition) is 2. The number of methoxy groups -OCH3 is 1. The maximum absolute atomic E-state index is 9.70. The minimum atomic E-state index is -0.513. The highest BCUT2D eigenvalue weighted by atomic mass is 16.5. The third-order valence-electron chi connectivity index (χ3n) is 2.47. The number of aliphatic hydroxyl groups is 1. The van der Waals surface area contributed by atoms with Crippen molar-refractivity contribution in [2.45, 2.75) is 44.9 Å². The van der Waals surface area contributed by atoms with Crippen molar-refractivity contribution < 1.29 is 14.6 Å². The molecule has 0 aromatic heterocycles. The minimum absolute atomic E-state index is 0.00216. The molecule has 0 aromatic rings. The summed E-state index contributed by atoms with van der Waals surface area (Å²) in [6, 6.07) is 0.269. The molecule has 4 nitrogen and oxygen atoms in total. The van der Waals surface area contributed by atoms with Crippen molar-refractivity contribution in [1.29, 1.82) is 0 Å². The average molecular weight is 243 g/mol. The van der Waals surface area contributed by atoms with Crippen LogP contribution in [0.3, 0.4) is 0 Å². The predicted octanol–water partition coefficient (Wildman–Crippen LogP) is 0.790. The van der Waals surface area contributed by atoms with Crippen molar-refractivity contribution in [2.24, 2.45) is 0 Å². The van der Waals surface area contributed by atoms with E-state index in [0.29, 0.717) is 26.2 Å². The van der Waals surface area contributed by atoms with Crippen LogP contribution in [0.4, 0.5) is 0 Å². The molecule has 0 saturated heterocycles. The lowest BCUT2D eigenvalue weighted by Gasteiger charge is -2.19. The van der Waals surface area contributed by atoms with E-state index in [2.05, 4.69) is 18.2 Å². The van der Waals surface area contributed by atoms with Gasteiger partial charge >= 0.3 is 0 Å². The number of rotatable bonds is 10. The molecule has 0 aliphatic carbocycles. The molecular formula is C13H25NO3. The Balaban J connectivity index is 3.64. The highest BCUT2D eigenvalue weighted by Crippen LogP contribution is 1.98. The Morgan fingerprint density at radius 3 is 2.65 bits per heavy atom. The van der Waals surface area contributed by atoms with Gasteiger partial charge in [-0.1, -0.05) is 6.92 Å². The van der Waals surface area contributed by atoms with Gasteiger partial charge in [-0.25, -0.2) is 0 Å². The van der Waals surface area contributed by atoms with E-state index in [1.165, 1.54) is 0 Å². The lowest BCUT2D eigenvalue weighted by atomic mass is 10.1. The second kappa shape index (κ2) is 10.5. The first kappa shape index (κ1) is 16.4. The van der Waals surface area contributed by atoms with Gasteiger partial charge in [0, 0.05) is 26.1 Å². The van der Waals surface area contributed by atoms with E-state index in [1.54, 1.807) is 7.11 Å². The zero-order valence-electron chi connectivity index (χ0n) is 11.1. The van der Waals surface area contributed by atoms with Crippen LogP contribution in [-0.2, 0) is 9.47 Å². The van der Waals surface area contributed by atoms with E-state index in [-0.39, 0.29) is 12.1 Å². The smallest absolute Gasteiger partial charge is 0.0897 e. The molecule has 3 atom stereocenters. The maximum atomic E-state index is 9.70. The van der Waals surface area contributed by atoms with Crippen LogP contribution < -0.4 is 5.32 Å². The fourth-order valence-corrected chi connectivity index (χ4v) is 1.42. The van der Waals surface area contributed by atoms with Crippen LogP contribution in [0.2, 0.25) is 0 Å². The lowest BCUT2D eigenvalue weighted by molar-refractivity contribution is -0.0315. The van der Waals surface area contributed by atoms with E-state index in [1.807, 2.05) is 6.92 Å². The number of ether oxygens (including phenoxy) is 2. The largest absolute Gasteiger partial charge is 0.389 e. The Bertz CT molecular complexity index is 215.